The van der Waals surface area contributed by atoms with Crippen LogP contribution in [0.4, 0.5) is 0 Å². The van der Waals surface area contributed by atoms with E-state index in [-0.39, 0.29) is 11.5 Å². The van der Waals surface area contributed by atoms with Gasteiger partial charge in [0, 0.05) is 48.6 Å². The van der Waals surface area contributed by atoms with Gasteiger partial charge in [0.2, 0.25) is 0 Å². The molecule has 1 aromatic carbocycles. The fraction of sp³-hybridized carbons (Fsp3) is 0.571. The molecule has 1 N–H and O–H groups in total. The van der Waals surface area contributed by atoms with E-state index in [1.807, 2.05) is 6.07 Å². The Morgan fingerprint density at radius 1 is 1.46 bits per heavy atom. The predicted octanol–water partition coefficient (Wildman–Crippen LogP) is 3.52. The molecular weight excluding hydrogens is 348 g/mol. The van der Waals surface area contributed by atoms with Crippen LogP contribution in [0.5, 0.6) is 0 Å². The van der Waals surface area contributed by atoms with Crippen molar-refractivity contribution < 1.29 is 9.53 Å². The summed E-state index contributed by atoms with van der Waals surface area (Å²) >= 11 is 6.00. The molecule has 0 aromatic heterocycles. The molecule has 0 aliphatic carbocycles. The molecule has 3 saturated heterocycles. The fourth-order valence-electron chi connectivity index (χ4n) is 4.95. The van der Waals surface area contributed by atoms with Crippen molar-refractivity contribution in [3.63, 3.8) is 0 Å². The molecule has 1 spiro atoms. The van der Waals surface area contributed by atoms with Crippen LogP contribution in [0.25, 0.3) is 0 Å². The number of carbonyl (C=O) groups is 1. The summed E-state index contributed by atoms with van der Waals surface area (Å²) in [6.45, 7) is 8.06. The lowest BCUT2D eigenvalue weighted by Gasteiger charge is -2.29. The molecular formula is C21H27ClN2O2. The smallest absolute Gasteiger partial charge is 0.251 e. The summed E-state index contributed by atoms with van der Waals surface area (Å²) in [4.78, 5) is 15.0. The number of ether oxygens (including phenoxy) is 1. The highest BCUT2D eigenvalue weighted by atomic mass is 35.5. The maximum atomic E-state index is 12.5. The van der Waals surface area contributed by atoms with Crippen molar-refractivity contribution in [2.24, 2.45) is 11.8 Å². The standard InChI is InChI=1S/C21H27ClN2O2/c1-14(2)7-9-24-12-18-17(19-6-8-21(18,13-24)26-19)11-23-20(25)15-4-3-5-16(22)10-15/h3-5,7,10,17-19H,6,8-9,11-13H2,1-2H3,(H,23,25)/t17-,18+,19+,21+/m0/s1. The van der Waals surface area contributed by atoms with Gasteiger partial charge in [-0.2, -0.15) is 0 Å². The molecule has 4 rings (SSSR count). The number of fused-ring (bicyclic) bond motifs is 1. The summed E-state index contributed by atoms with van der Waals surface area (Å²) in [5.74, 6) is 0.874. The molecule has 0 saturated carbocycles. The Labute approximate surface area is 160 Å². The zero-order chi connectivity index (χ0) is 18.3. The number of nitrogens with one attached hydrogen (secondary N) is 1. The highest BCUT2D eigenvalue weighted by molar-refractivity contribution is 6.30. The van der Waals surface area contributed by atoms with Crippen molar-refractivity contribution in [1.82, 2.24) is 10.2 Å². The van der Waals surface area contributed by atoms with Crippen molar-refractivity contribution in [3.05, 3.63) is 46.5 Å². The van der Waals surface area contributed by atoms with Crippen LogP contribution in [0.1, 0.15) is 37.0 Å². The van der Waals surface area contributed by atoms with Crippen molar-refractivity contribution in [2.45, 2.75) is 38.4 Å². The van der Waals surface area contributed by atoms with Crippen LogP contribution >= 0.6 is 11.6 Å². The van der Waals surface area contributed by atoms with Crippen molar-refractivity contribution in [3.8, 4) is 0 Å². The van der Waals surface area contributed by atoms with Gasteiger partial charge in [-0.25, -0.2) is 0 Å². The van der Waals surface area contributed by atoms with Crippen molar-refractivity contribution >= 4 is 17.5 Å². The fourth-order valence-corrected chi connectivity index (χ4v) is 5.14. The number of benzene rings is 1. The molecule has 0 unspecified atom stereocenters. The molecule has 1 aromatic rings. The zero-order valence-corrected chi connectivity index (χ0v) is 16.3. The summed E-state index contributed by atoms with van der Waals surface area (Å²) in [5, 5.41) is 3.71. The summed E-state index contributed by atoms with van der Waals surface area (Å²) in [6, 6.07) is 7.11. The van der Waals surface area contributed by atoms with Gasteiger partial charge >= 0.3 is 0 Å². The minimum Gasteiger partial charge on any atom is -0.370 e. The first-order chi connectivity index (χ1) is 12.5. The Morgan fingerprint density at radius 2 is 2.31 bits per heavy atom. The van der Waals surface area contributed by atoms with E-state index >= 15 is 0 Å². The average Bonchev–Trinajstić information content (AvgIpc) is 3.26. The first-order valence-corrected chi connectivity index (χ1v) is 9.92. The minimum atomic E-state index is -0.0521. The van der Waals surface area contributed by atoms with Crippen molar-refractivity contribution in [2.75, 3.05) is 26.2 Å². The molecule has 1 amide bonds. The van der Waals surface area contributed by atoms with E-state index < -0.39 is 0 Å². The van der Waals surface area contributed by atoms with Gasteiger partial charge < -0.3 is 10.1 Å². The van der Waals surface area contributed by atoms with Crippen molar-refractivity contribution in [1.29, 1.82) is 0 Å². The van der Waals surface area contributed by atoms with E-state index in [1.54, 1.807) is 18.2 Å². The highest BCUT2D eigenvalue weighted by Crippen LogP contribution is 2.54. The Kier molecular flexibility index (Phi) is 4.84. The Hall–Kier alpha value is -1.36. The predicted molar refractivity (Wildman–Crippen MR) is 103 cm³/mol. The zero-order valence-electron chi connectivity index (χ0n) is 15.5. The van der Waals surface area contributed by atoms with Crippen LogP contribution in [-0.2, 0) is 4.74 Å². The lowest BCUT2D eigenvalue weighted by atomic mass is 9.73. The molecule has 3 aliphatic rings. The minimum absolute atomic E-state index is 0.0194. The Balaban J connectivity index is 1.40. The Bertz CT molecular complexity index is 730. The van der Waals surface area contributed by atoms with Gasteiger partial charge in [-0.1, -0.05) is 29.3 Å². The van der Waals surface area contributed by atoms with Crippen LogP contribution in [0.2, 0.25) is 5.02 Å². The van der Waals surface area contributed by atoms with Gasteiger partial charge in [-0.05, 0) is 44.9 Å². The van der Waals surface area contributed by atoms with Gasteiger partial charge in [-0.3, -0.25) is 9.69 Å². The van der Waals surface area contributed by atoms with E-state index in [0.717, 1.165) is 32.5 Å². The monoisotopic (exact) mass is 374 g/mol. The van der Waals surface area contributed by atoms with E-state index in [1.165, 1.54) is 5.57 Å². The summed E-state index contributed by atoms with van der Waals surface area (Å²) in [5.41, 5.74) is 1.99. The average molecular weight is 375 g/mol. The normalized spacial score (nSPS) is 32.5. The maximum Gasteiger partial charge on any atom is 0.251 e. The number of amides is 1. The third-order valence-corrected chi connectivity index (χ3v) is 6.43. The SMILES string of the molecule is CC(C)=CCN1C[C@@H]2[C@H](CNC(=O)c3cccc(Cl)c3)[C@H]3CC[C@]2(C1)O3. The van der Waals surface area contributed by atoms with Gasteiger partial charge in [0.15, 0.2) is 0 Å². The number of halogens is 1. The van der Waals surface area contributed by atoms with Crippen LogP contribution < -0.4 is 5.32 Å². The number of allylic oxidation sites excluding steroid dienone is 1. The molecule has 3 aliphatic heterocycles. The molecule has 0 radical (unpaired) electrons. The molecule has 26 heavy (non-hydrogen) atoms. The third-order valence-electron chi connectivity index (χ3n) is 6.20. The second-order valence-electron chi connectivity index (χ2n) is 8.23. The molecule has 4 nitrogen and oxygen atoms in total. The van der Waals surface area contributed by atoms with Gasteiger partial charge in [0.1, 0.15) is 0 Å². The first kappa shape index (κ1) is 18.0. The van der Waals surface area contributed by atoms with Gasteiger partial charge in [-0.15, -0.1) is 0 Å². The first-order valence-electron chi connectivity index (χ1n) is 9.54. The second-order valence-corrected chi connectivity index (χ2v) is 8.66. The Morgan fingerprint density at radius 3 is 3.08 bits per heavy atom. The van der Waals surface area contributed by atoms with E-state index in [0.29, 0.717) is 35.1 Å². The van der Waals surface area contributed by atoms with E-state index in [4.69, 9.17) is 16.3 Å². The maximum absolute atomic E-state index is 12.5. The number of hydrogen-bond acceptors (Lipinski definition) is 3. The van der Waals surface area contributed by atoms with Gasteiger partial charge in [0.25, 0.3) is 5.91 Å². The number of likely N-dealkylation sites (tertiary alicyclic amines) is 1. The quantitative estimate of drug-likeness (QED) is 0.802. The summed E-state index contributed by atoms with van der Waals surface area (Å²) in [7, 11) is 0. The molecule has 5 heteroatoms. The number of nitrogens with zero attached hydrogens (tertiary/aromatic N) is 1. The topological polar surface area (TPSA) is 41.6 Å². The molecule has 140 valence electrons. The lowest BCUT2D eigenvalue weighted by molar-refractivity contribution is 0.00364. The van der Waals surface area contributed by atoms with Gasteiger partial charge in [0.05, 0.1) is 11.7 Å². The van der Waals surface area contributed by atoms with Crippen LogP contribution in [-0.4, -0.2) is 48.7 Å². The van der Waals surface area contributed by atoms with E-state index in [2.05, 4.69) is 30.1 Å². The third kappa shape index (κ3) is 3.30. The molecule has 4 atom stereocenters. The highest BCUT2D eigenvalue weighted by Gasteiger charge is 2.62. The van der Waals surface area contributed by atoms with E-state index in [9.17, 15) is 4.79 Å². The number of hydrogen-bond donors (Lipinski definition) is 1. The van der Waals surface area contributed by atoms with Crippen LogP contribution in [0.3, 0.4) is 0 Å². The molecule has 3 fully saturated rings. The second kappa shape index (κ2) is 6.99. The largest absolute Gasteiger partial charge is 0.370 e. The summed E-state index contributed by atoms with van der Waals surface area (Å²) < 4.78 is 6.46. The number of carbonyl (C=O) groups excluding carboxylic acids is 1. The molecule has 3 heterocycles. The number of rotatable bonds is 5. The summed E-state index contributed by atoms with van der Waals surface area (Å²) in [6.07, 6.45) is 4.86. The lowest BCUT2D eigenvalue weighted by Crippen LogP contribution is -2.41. The van der Waals surface area contributed by atoms with Crippen LogP contribution in [0.15, 0.2) is 35.9 Å². The molecule has 2 bridgehead atoms. The van der Waals surface area contributed by atoms with Crippen LogP contribution in [0, 0.1) is 11.8 Å².